The first kappa shape index (κ1) is 22.5. The van der Waals surface area contributed by atoms with E-state index < -0.39 is 0 Å². The van der Waals surface area contributed by atoms with Crippen molar-refractivity contribution in [2.24, 2.45) is 0 Å². The molecule has 0 bridgehead atoms. The number of methoxy groups -OCH3 is 2. The molecule has 2 aromatic carbocycles. The van der Waals surface area contributed by atoms with Gasteiger partial charge in [-0.05, 0) is 55.5 Å². The monoisotopic (exact) mass is 456 g/mol. The van der Waals surface area contributed by atoms with Gasteiger partial charge in [0.25, 0.3) is 5.91 Å². The van der Waals surface area contributed by atoms with Crippen LogP contribution in [-0.4, -0.2) is 35.1 Å². The van der Waals surface area contributed by atoms with Crippen molar-refractivity contribution < 1.29 is 14.3 Å². The maximum absolute atomic E-state index is 12.7. The molecule has 0 saturated heterocycles. The SMILES string of the molecule is COc1cc(OC)cc(C(=O)Nc2ccc(Nc3cc(Nc4ccccn4)nc(C)n3)cc2)c1. The standard InChI is InChI=1S/C25H24N6O3/c1-16-27-23(15-24(28-16)31-22-6-4-5-11-26-22)29-18-7-9-19(10-8-18)30-25(32)17-12-20(33-2)14-21(13-17)34-3/h4-15H,1-3H3,(H,30,32)(H2,26,27,28,29,31). The first-order chi connectivity index (χ1) is 16.5. The number of amides is 1. The van der Waals surface area contributed by atoms with Crippen molar-refractivity contribution in [1.29, 1.82) is 0 Å². The fourth-order valence-corrected chi connectivity index (χ4v) is 3.19. The van der Waals surface area contributed by atoms with Gasteiger partial charge < -0.3 is 25.4 Å². The number of hydrogen-bond donors (Lipinski definition) is 3. The Bertz CT molecular complexity index is 1260. The maximum atomic E-state index is 12.7. The third kappa shape index (κ3) is 5.77. The van der Waals surface area contributed by atoms with Gasteiger partial charge >= 0.3 is 0 Å². The Hall–Kier alpha value is -4.66. The lowest BCUT2D eigenvalue weighted by Crippen LogP contribution is -2.12. The van der Waals surface area contributed by atoms with Crippen molar-refractivity contribution >= 4 is 34.7 Å². The second-order valence-corrected chi connectivity index (χ2v) is 7.28. The van der Waals surface area contributed by atoms with Crippen LogP contribution in [0, 0.1) is 6.92 Å². The van der Waals surface area contributed by atoms with Crippen molar-refractivity contribution in [2.45, 2.75) is 6.92 Å². The van der Waals surface area contributed by atoms with Gasteiger partial charge in [0.15, 0.2) is 0 Å². The molecule has 4 aromatic rings. The Morgan fingerprint density at radius 3 is 2.03 bits per heavy atom. The smallest absolute Gasteiger partial charge is 0.255 e. The maximum Gasteiger partial charge on any atom is 0.255 e. The van der Waals surface area contributed by atoms with Gasteiger partial charge in [0.1, 0.15) is 34.8 Å². The lowest BCUT2D eigenvalue weighted by atomic mass is 10.1. The molecule has 0 aliphatic heterocycles. The zero-order valence-corrected chi connectivity index (χ0v) is 19.0. The van der Waals surface area contributed by atoms with E-state index in [1.165, 1.54) is 0 Å². The van der Waals surface area contributed by atoms with Gasteiger partial charge in [0.2, 0.25) is 0 Å². The molecule has 9 heteroatoms. The van der Waals surface area contributed by atoms with Crippen molar-refractivity contribution in [2.75, 3.05) is 30.2 Å². The zero-order valence-electron chi connectivity index (χ0n) is 19.0. The number of hydrogen-bond acceptors (Lipinski definition) is 8. The quantitative estimate of drug-likeness (QED) is 0.342. The number of rotatable bonds is 8. The third-order valence-corrected chi connectivity index (χ3v) is 4.79. The molecule has 2 aromatic heterocycles. The summed E-state index contributed by atoms with van der Waals surface area (Å²) in [6.07, 6.45) is 1.71. The molecule has 0 atom stereocenters. The van der Waals surface area contributed by atoms with Gasteiger partial charge in [-0.2, -0.15) is 0 Å². The van der Waals surface area contributed by atoms with E-state index in [1.807, 2.05) is 37.3 Å². The van der Waals surface area contributed by atoms with Gasteiger partial charge in [-0.1, -0.05) is 6.07 Å². The van der Waals surface area contributed by atoms with Crippen LogP contribution in [0.3, 0.4) is 0 Å². The van der Waals surface area contributed by atoms with E-state index in [2.05, 4.69) is 30.9 Å². The zero-order chi connectivity index (χ0) is 23.9. The van der Waals surface area contributed by atoms with Crippen LogP contribution >= 0.6 is 0 Å². The number of nitrogens with one attached hydrogen (secondary N) is 3. The summed E-state index contributed by atoms with van der Waals surface area (Å²) in [5.74, 6) is 3.38. The van der Waals surface area contributed by atoms with Gasteiger partial charge in [-0.3, -0.25) is 4.79 Å². The number of benzene rings is 2. The molecule has 0 aliphatic rings. The highest BCUT2D eigenvalue weighted by Gasteiger charge is 2.11. The summed E-state index contributed by atoms with van der Waals surface area (Å²) >= 11 is 0. The Kier molecular flexibility index (Phi) is 6.83. The predicted octanol–water partition coefficient (Wildman–Crippen LogP) is 4.94. The van der Waals surface area contributed by atoms with Crippen molar-refractivity contribution in [3.8, 4) is 11.5 Å². The molecule has 3 N–H and O–H groups in total. The predicted molar refractivity (Wildman–Crippen MR) is 132 cm³/mol. The van der Waals surface area contributed by atoms with E-state index in [0.717, 1.165) is 5.69 Å². The van der Waals surface area contributed by atoms with Crippen LogP contribution in [-0.2, 0) is 0 Å². The fraction of sp³-hybridized carbons (Fsp3) is 0.120. The number of anilines is 5. The molecule has 1 amide bonds. The second-order valence-electron chi connectivity index (χ2n) is 7.28. The number of ether oxygens (including phenoxy) is 2. The Balaban J connectivity index is 1.44. The summed E-state index contributed by atoms with van der Waals surface area (Å²) in [6.45, 7) is 1.82. The lowest BCUT2D eigenvalue weighted by Gasteiger charge is -2.11. The van der Waals surface area contributed by atoms with Gasteiger partial charge in [0.05, 0.1) is 14.2 Å². The summed E-state index contributed by atoms with van der Waals surface area (Å²) in [5.41, 5.74) is 1.89. The average molecular weight is 457 g/mol. The minimum atomic E-state index is -0.269. The normalized spacial score (nSPS) is 10.3. The fourth-order valence-electron chi connectivity index (χ4n) is 3.19. The van der Waals surface area contributed by atoms with E-state index >= 15 is 0 Å². The molecular formula is C25H24N6O3. The minimum Gasteiger partial charge on any atom is -0.497 e. The Labute approximate surface area is 197 Å². The number of carbonyl (C=O) groups is 1. The number of aromatic nitrogens is 3. The van der Waals surface area contributed by atoms with Crippen molar-refractivity contribution in [3.05, 3.63) is 84.3 Å². The minimum absolute atomic E-state index is 0.269. The topological polar surface area (TPSA) is 110 Å². The van der Waals surface area contributed by atoms with Gasteiger partial charge in [0, 0.05) is 35.3 Å². The Morgan fingerprint density at radius 1 is 0.765 bits per heavy atom. The van der Waals surface area contributed by atoms with Crippen LogP contribution in [0.15, 0.2) is 72.9 Å². The van der Waals surface area contributed by atoms with E-state index in [1.54, 1.807) is 56.8 Å². The molecule has 172 valence electrons. The average Bonchev–Trinajstić information content (AvgIpc) is 2.85. The van der Waals surface area contributed by atoms with Crippen LogP contribution in [0.5, 0.6) is 11.5 Å². The Morgan fingerprint density at radius 2 is 1.41 bits per heavy atom. The van der Waals surface area contributed by atoms with Gasteiger partial charge in [-0.15, -0.1) is 0 Å². The summed E-state index contributed by atoms with van der Waals surface area (Å²) in [7, 11) is 3.08. The van der Waals surface area contributed by atoms with Crippen LogP contribution in [0.2, 0.25) is 0 Å². The molecule has 9 nitrogen and oxygen atoms in total. The molecule has 0 aliphatic carbocycles. The first-order valence-electron chi connectivity index (χ1n) is 10.5. The molecular weight excluding hydrogens is 432 g/mol. The highest BCUT2D eigenvalue weighted by Crippen LogP contribution is 2.24. The molecule has 0 fully saturated rings. The van der Waals surface area contributed by atoms with Crippen LogP contribution in [0.4, 0.5) is 28.8 Å². The highest BCUT2D eigenvalue weighted by atomic mass is 16.5. The van der Waals surface area contributed by atoms with E-state index in [4.69, 9.17) is 9.47 Å². The van der Waals surface area contributed by atoms with E-state index in [9.17, 15) is 4.79 Å². The number of carbonyl (C=O) groups excluding carboxylic acids is 1. The third-order valence-electron chi connectivity index (χ3n) is 4.79. The number of aryl methyl sites for hydroxylation is 1. The van der Waals surface area contributed by atoms with Crippen LogP contribution in [0.1, 0.15) is 16.2 Å². The van der Waals surface area contributed by atoms with Crippen LogP contribution in [0.25, 0.3) is 0 Å². The summed E-state index contributed by atoms with van der Waals surface area (Å²) < 4.78 is 10.5. The molecule has 0 spiro atoms. The molecule has 4 rings (SSSR count). The number of pyridine rings is 1. The molecule has 0 unspecified atom stereocenters. The first-order valence-corrected chi connectivity index (χ1v) is 10.5. The van der Waals surface area contributed by atoms with Crippen molar-refractivity contribution in [3.63, 3.8) is 0 Å². The summed E-state index contributed by atoms with van der Waals surface area (Å²) in [5, 5.41) is 9.30. The molecule has 0 radical (unpaired) electrons. The molecule has 0 saturated carbocycles. The summed E-state index contributed by atoms with van der Waals surface area (Å²) in [6, 6.07) is 19.7. The number of nitrogens with zero attached hydrogens (tertiary/aromatic N) is 3. The second kappa shape index (κ2) is 10.3. The van der Waals surface area contributed by atoms with E-state index in [0.29, 0.717) is 46.0 Å². The van der Waals surface area contributed by atoms with Gasteiger partial charge in [-0.25, -0.2) is 15.0 Å². The lowest BCUT2D eigenvalue weighted by molar-refractivity contribution is 0.102. The highest BCUT2D eigenvalue weighted by molar-refractivity contribution is 6.04. The molecule has 2 heterocycles. The van der Waals surface area contributed by atoms with E-state index in [-0.39, 0.29) is 5.91 Å². The molecule has 34 heavy (non-hydrogen) atoms. The summed E-state index contributed by atoms with van der Waals surface area (Å²) in [4.78, 5) is 25.8. The van der Waals surface area contributed by atoms with Crippen molar-refractivity contribution in [1.82, 2.24) is 15.0 Å². The van der Waals surface area contributed by atoms with Crippen LogP contribution < -0.4 is 25.4 Å². The largest absolute Gasteiger partial charge is 0.497 e.